The molecular weight excluding hydrogens is 220 g/mol. The number of nitrogens with zero attached hydrogens (tertiary/aromatic N) is 1. The summed E-state index contributed by atoms with van der Waals surface area (Å²) in [5.74, 6) is 0. The number of nitrogens with one attached hydrogen (secondary N) is 1. The molecule has 2 aliphatic rings. The number of benzene rings is 1. The number of para-hydroxylation sites is 1. The average Bonchev–Trinajstić information content (AvgIpc) is 3.08. The predicted octanol–water partition coefficient (Wildman–Crippen LogP) is 2.96. The van der Waals surface area contributed by atoms with Crippen molar-refractivity contribution in [3.8, 4) is 0 Å². The van der Waals surface area contributed by atoms with Gasteiger partial charge < -0.3 is 10.2 Å². The lowest BCUT2D eigenvalue weighted by Crippen LogP contribution is -2.49. The monoisotopic (exact) mass is 244 g/mol. The average molecular weight is 244 g/mol. The Balaban J connectivity index is 1.98. The van der Waals surface area contributed by atoms with Gasteiger partial charge in [-0.15, -0.1) is 0 Å². The second-order valence-electron chi connectivity index (χ2n) is 6.79. The summed E-state index contributed by atoms with van der Waals surface area (Å²) in [6.07, 6.45) is 2.77. The van der Waals surface area contributed by atoms with Crippen LogP contribution in [0.2, 0.25) is 0 Å². The van der Waals surface area contributed by atoms with Gasteiger partial charge >= 0.3 is 0 Å². The smallest absolute Gasteiger partial charge is 0.0470 e. The van der Waals surface area contributed by atoms with Gasteiger partial charge in [0.2, 0.25) is 0 Å². The summed E-state index contributed by atoms with van der Waals surface area (Å²) >= 11 is 0. The predicted molar refractivity (Wildman–Crippen MR) is 77.1 cm³/mol. The summed E-state index contributed by atoms with van der Waals surface area (Å²) < 4.78 is 0. The maximum atomic E-state index is 3.67. The van der Waals surface area contributed by atoms with Crippen molar-refractivity contribution in [2.75, 3.05) is 24.5 Å². The highest BCUT2D eigenvalue weighted by Gasteiger charge is 2.48. The van der Waals surface area contributed by atoms with E-state index in [9.17, 15) is 0 Å². The molecule has 18 heavy (non-hydrogen) atoms. The van der Waals surface area contributed by atoms with Crippen LogP contribution < -0.4 is 10.2 Å². The lowest BCUT2D eigenvalue weighted by molar-refractivity contribution is 0.455. The molecule has 2 fully saturated rings. The summed E-state index contributed by atoms with van der Waals surface area (Å²) in [6, 6.07) is 8.80. The molecule has 0 radical (unpaired) electrons. The lowest BCUT2D eigenvalue weighted by atomic mass is 9.98. The number of rotatable bonds is 1. The fraction of sp³-hybridized carbons (Fsp3) is 0.625. The first-order chi connectivity index (χ1) is 8.53. The van der Waals surface area contributed by atoms with E-state index in [0.29, 0.717) is 5.41 Å². The third kappa shape index (κ3) is 2.03. The minimum Gasteiger partial charge on any atom is -0.364 e. The van der Waals surface area contributed by atoms with E-state index in [1.165, 1.54) is 37.2 Å². The van der Waals surface area contributed by atoms with Crippen LogP contribution in [0.5, 0.6) is 0 Å². The molecule has 2 nitrogen and oxygen atoms in total. The van der Waals surface area contributed by atoms with Crippen LogP contribution in [0.25, 0.3) is 0 Å². The molecule has 1 heterocycles. The van der Waals surface area contributed by atoms with Crippen molar-refractivity contribution in [3.05, 3.63) is 29.8 Å². The first kappa shape index (κ1) is 12.0. The van der Waals surface area contributed by atoms with E-state index >= 15 is 0 Å². The van der Waals surface area contributed by atoms with Crippen molar-refractivity contribution >= 4 is 5.69 Å². The molecule has 1 aromatic carbocycles. The molecule has 1 saturated carbocycles. The van der Waals surface area contributed by atoms with E-state index in [4.69, 9.17) is 0 Å². The molecule has 0 bridgehead atoms. The molecule has 0 atom stereocenters. The third-order valence-corrected chi connectivity index (χ3v) is 4.65. The minimum atomic E-state index is 0.193. The van der Waals surface area contributed by atoms with Crippen LogP contribution in [-0.4, -0.2) is 25.2 Å². The van der Waals surface area contributed by atoms with Gasteiger partial charge in [0.1, 0.15) is 0 Å². The molecule has 1 aliphatic heterocycles. The zero-order valence-electron chi connectivity index (χ0n) is 11.8. The van der Waals surface area contributed by atoms with Gasteiger partial charge in [-0.25, -0.2) is 0 Å². The van der Waals surface area contributed by atoms with Crippen molar-refractivity contribution in [1.29, 1.82) is 0 Å². The maximum Gasteiger partial charge on any atom is 0.0470 e. The molecule has 1 N–H and O–H groups in total. The standard InChI is InChI=1S/C16H24N2/c1-13-6-4-5-7-14(13)18-12-16(8-9-16)11-17-10-15(18,2)3/h4-7,17H,8-12H2,1-3H3. The van der Waals surface area contributed by atoms with Crippen molar-refractivity contribution in [2.45, 2.75) is 39.2 Å². The molecule has 0 amide bonds. The van der Waals surface area contributed by atoms with Gasteiger partial charge in [0.05, 0.1) is 0 Å². The lowest BCUT2D eigenvalue weighted by Gasteiger charge is -2.40. The van der Waals surface area contributed by atoms with Crippen LogP contribution in [0.3, 0.4) is 0 Å². The van der Waals surface area contributed by atoms with Gasteiger partial charge in [0, 0.05) is 36.3 Å². The van der Waals surface area contributed by atoms with Crippen LogP contribution in [0.4, 0.5) is 5.69 Å². The van der Waals surface area contributed by atoms with Gasteiger partial charge in [0.25, 0.3) is 0 Å². The fourth-order valence-electron chi connectivity index (χ4n) is 3.12. The molecule has 98 valence electrons. The number of aryl methyl sites for hydroxylation is 1. The zero-order valence-corrected chi connectivity index (χ0v) is 11.8. The Morgan fingerprint density at radius 2 is 1.83 bits per heavy atom. The summed E-state index contributed by atoms with van der Waals surface area (Å²) in [5.41, 5.74) is 3.55. The molecule has 0 aromatic heterocycles. The summed E-state index contributed by atoms with van der Waals surface area (Å²) in [5, 5.41) is 3.67. The van der Waals surface area contributed by atoms with Crippen LogP contribution in [0, 0.1) is 12.3 Å². The number of hydrogen-bond donors (Lipinski definition) is 1. The second kappa shape index (κ2) is 3.99. The van der Waals surface area contributed by atoms with Crippen molar-refractivity contribution in [2.24, 2.45) is 5.41 Å². The van der Waals surface area contributed by atoms with Gasteiger partial charge in [-0.2, -0.15) is 0 Å². The van der Waals surface area contributed by atoms with Crippen molar-refractivity contribution < 1.29 is 0 Å². The molecule has 3 rings (SSSR count). The Hall–Kier alpha value is -1.02. The molecule has 1 saturated heterocycles. The van der Waals surface area contributed by atoms with E-state index < -0.39 is 0 Å². The third-order valence-electron chi connectivity index (χ3n) is 4.65. The van der Waals surface area contributed by atoms with Gasteiger partial charge in [0.15, 0.2) is 0 Å². The molecule has 2 heteroatoms. The molecule has 0 unspecified atom stereocenters. The molecule has 1 spiro atoms. The Labute approximate surface area is 110 Å². The first-order valence-corrected chi connectivity index (χ1v) is 7.07. The van der Waals surface area contributed by atoms with Crippen molar-refractivity contribution in [3.63, 3.8) is 0 Å². The van der Waals surface area contributed by atoms with E-state index in [1.54, 1.807) is 0 Å². The first-order valence-electron chi connectivity index (χ1n) is 7.07. The normalized spacial score (nSPS) is 24.9. The quantitative estimate of drug-likeness (QED) is 0.817. The molecular formula is C16H24N2. The Kier molecular flexibility index (Phi) is 2.67. The number of anilines is 1. The summed E-state index contributed by atoms with van der Waals surface area (Å²) in [6.45, 7) is 10.4. The van der Waals surface area contributed by atoms with Gasteiger partial charge in [-0.1, -0.05) is 18.2 Å². The van der Waals surface area contributed by atoms with Gasteiger partial charge in [-0.3, -0.25) is 0 Å². The highest BCUT2D eigenvalue weighted by molar-refractivity contribution is 5.55. The summed E-state index contributed by atoms with van der Waals surface area (Å²) in [7, 11) is 0. The van der Waals surface area contributed by atoms with Crippen molar-refractivity contribution in [1.82, 2.24) is 5.32 Å². The number of hydrogen-bond acceptors (Lipinski definition) is 2. The van der Waals surface area contributed by atoms with Crippen LogP contribution in [0.1, 0.15) is 32.3 Å². The SMILES string of the molecule is Cc1ccccc1N1CC2(CC2)CNCC1(C)C. The second-order valence-corrected chi connectivity index (χ2v) is 6.79. The maximum absolute atomic E-state index is 3.67. The molecule has 1 aromatic rings. The van der Waals surface area contributed by atoms with E-state index in [2.05, 4.69) is 55.3 Å². The summed E-state index contributed by atoms with van der Waals surface area (Å²) in [4.78, 5) is 2.63. The largest absolute Gasteiger partial charge is 0.364 e. The topological polar surface area (TPSA) is 15.3 Å². The van der Waals surface area contributed by atoms with Crippen LogP contribution >= 0.6 is 0 Å². The van der Waals surface area contributed by atoms with E-state index in [1.807, 2.05) is 0 Å². The Morgan fingerprint density at radius 3 is 2.50 bits per heavy atom. The van der Waals surface area contributed by atoms with E-state index in [-0.39, 0.29) is 5.54 Å². The highest BCUT2D eigenvalue weighted by atomic mass is 15.2. The van der Waals surface area contributed by atoms with Crippen LogP contribution in [-0.2, 0) is 0 Å². The van der Waals surface area contributed by atoms with Crippen LogP contribution in [0.15, 0.2) is 24.3 Å². The Morgan fingerprint density at radius 1 is 1.11 bits per heavy atom. The molecule has 1 aliphatic carbocycles. The fourth-order valence-corrected chi connectivity index (χ4v) is 3.12. The minimum absolute atomic E-state index is 0.193. The van der Waals surface area contributed by atoms with Gasteiger partial charge in [-0.05, 0) is 45.2 Å². The van der Waals surface area contributed by atoms with E-state index in [0.717, 1.165) is 6.54 Å². The highest BCUT2D eigenvalue weighted by Crippen LogP contribution is 2.48. The Bertz CT molecular complexity index is 446. The zero-order chi connectivity index (χ0) is 12.8.